The summed E-state index contributed by atoms with van der Waals surface area (Å²) in [6.45, 7) is 4.19. The summed E-state index contributed by atoms with van der Waals surface area (Å²) >= 11 is 0. The smallest absolute Gasteiger partial charge is 0.390 e. The number of rotatable bonds is 6. The predicted molar refractivity (Wildman–Crippen MR) is 92.1 cm³/mol. The SMILES string of the molecule is CC1CCCC(C)N1C[C@@H](O)CNS(=O)(=O)c1cccc(C(F)(F)F)c1. The number of hydrogen-bond donors (Lipinski definition) is 2. The monoisotopic (exact) mass is 394 g/mol. The molecule has 0 aliphatic carbocycles. The lowest BCUT2D eigenvalue weighted by Crippen LogP contribution is -2.49. The Morgan fingerprint density at radius 3 is 2.46 bits per heavy atom. The summed E-state index contributed by atoms with van der Waals surface area (Å²) in [5.41, 5.74) is -1.03. The lowest BCUT2D eigenvalue weighted by molar-refractivity contribution is -0.137. The molecule has 1 heterocycles. The first kappa shape index (κ1) is 21.1. The van der Waals surface area contributed by atoms with Crippen molar-refractivity contribution < 1.29 is 26.7 Å². The van der Waals surface area contributed by atoms with Gasteiger partial charge in [0, 0.05) is 25.2 Å². The number of halogens is 3. The minimum Gasteiger partial charge on any atom is -0.390 e. The largest absolute Gasteiger partial charge is 0.416 e. The fourth-order valence-corrected chi connectivity index (χ4v) is 4.39. The van der Waals surface area contributed by atoms with Crippen LogP contribution in [0.3, 0.4) is 0 Å². The molecule has 1 saturated heterocycles. The van der Waals surface area contributed by atoms with Gasteiger partial charge in [-0.1, -0.05) is 12.5 Å². The number of hydrogen-bond acceptors (Lipinski definition) is 4. The van der Waals surface area contributed by atoms with Gasteiger partial charge in [0.15, 0.2) is 0 Å². The molecule has 1 aliphatic heterocycles. The van der Waals surface area contributed by atoms with Crippen LogP contribution in [0.15, 0.2) is 29.2 Å². The van der Waals surface area contributed by atoms with Crippen LogP contribution in [-0.2, 0) is 16.2 Å². The van der Waals surface area contributed by atoms with E-state index >= 15 is 0 Å². The van der Waals surface area contributed by atoms with Crippen molar-refractivity contribution in [2.45, 2.75) is 62.4 Å². The molecule has 9 heteroatoms. The van der Waals surface area contributed by atoms with Crippen LogP contribution in [0.2, 0.25) is 0 Å². The zero-order valence-corrected chi connectivity index (χ0v) is 15.6. The third kappa shape index (κ3) is 5.42. The molecule has 1 aromatic carbocycles. The van der Waals surface area contributed by atoms with Crippen molar-refractivity contribution in [1.82, 2.24) is 9.62 Å². The molecule has 2 N–H and O–H groups in total. The fraction of sp³-hybridized carbons (Fsp3) is 0.647. The van der Waals surface area contributed by atoms with E-state index in [1.165, 1.54) is 0 Å². The highest BCUT2D eigenvalue weighted by Crippen LogP contribution is 2.30. The molecule has 0 saturated carbocycles. The average Bonchev–Trinajstić information content (AvgIpc) is 2.56. The van der Waals surface area contributed by atoms with Crippen LogP contribution in [0, 0.1) is 0 Å². The summed E-state index contributed by atoms with van der Waals surface area (Å²) in [4.78, 5) is 1.66. The molecular weight excluding hydrogens is 369 g/mol. The molecule has 3 atom stereocenters. The lowest BCUT2D eigenvalue weighted by atomic mass is 9.97. The van der Waals surface area contributed by atoms with Gasteiger partial charge in [-0.25, -0.2) is 13.1 Å². The van der Waals surface area contributed by atoms with Gasteiger partial charge in [-0.2, -0.15) is 13.2 Å². The fourth-order valence-electron chi connectivity index (χ4n) is 3.27. The van der Waals surface area contributed by atoms with Gasteiger partial charge in [0.2, 0.25) is 10.0 Å². The predicted octanol–water partition coefficient (Wildman–Crippen LogP) is 2.61. The number of piperidine rings is 1. The van der Waals surface area contributed by atoms with Gasteiger partial charge in [-0.3, -0.25) is 4.90 Å². The second-order valence-electron chi connectivity index (χ2n) is 6.86. The van der Waals surface area contributed by atoms with Gasteiger partial charge in [-0.15, -0.1) is 0 Å². The minimum absolute atomic E-state index is 0.255. The van der Waals surface area contributed by atoms with Gasteiger partial charge < -0.3 is 5.11 Å². The summed E-state index contributed by atoms with van der Waals surface area (Å²) in [6.07, 6.45) is -2.40. The van der Waals surface area contributed by atoms with E-state index in [-0.39, 0.29) is 6.54 Å². The number of aliphatic hydroxyl groups excluding tert-OH is 1. The Labute approximate surface area is 152 Å². The van der Waals surface area contributed by atoms with Crippen molar-refractivity contribution in [3.63, 3.8) is 0 Å². The first-order valence-electron chi connectivity index (χ1n) is 8.61. The number of aliphatic hydroxyl groups is 1. The van der Waals surface area contributed by atoms with E-state index in [4.69, 9.17) is 0 Å². The maximum atomic E-state index is 12.7. The Hall–Kier alpha value is -1.16. The molecule has 1 aromatic rings. The van der Waals surface area contributed by atoms with E-state index in [2.05, 4.69) is 23.5 Å². The third-order valence-corrected chi connectivity index (χ3v) is 6.20. The number of likely N-dealkylation sites (tertiary alicyclic amines) is 1. The van der Waals surface area contributed by atoms with E-state index < -0.39 is 32.8 Å². The molecule has 2 unspecified atom stereocenters. The molecular formula is C17H25F3N2O3S. The van der Waals surface area contributed by atoms with E-state index in [0.717, 1.165) is 37.5 Å². The maximum Gasteiger partial charge on any atom is 0.416 e. The molecule has 0 spiro atoms. The molecule has 26 heavy (non-hydrogen) atoms. The first-order valence-corrected chi connectivity index (χ1v) is 10.1. The van der Waals surface area contributed by atoms with Crippen LogP contribution in [0.1, 0.15) is 38.7 Å². The number of alkyl halides is 3. The third-order valence-electron chi connectivity index (χ3n) is 4.78. The zero-order valence-electron chi connectivity index (χ0n) is 14.8. The highest BCUT2D eigenvalue weighted by molar-refractivity contribution is 7.89. The second-order valence-corrected chi connectivity index (χ2v) is 8.62. The van der Waals surface area contributed by atoms with Crippen LogP contribution in [0.25, 0.3) is 0 Å². The second kappa shape index (κ2) is 8.24. The zero-order chi connectivity index (χ0) is 19.5. The van der Waals surface area contributed by atoms with Gasteiger partial charge in [0.25, 0.3) is 0 Å². The van der Waals surface area contributed by atoms with Crippen molar-refractivity contribution in [1.29, 1.82) is 0 Å². The molecule has 148 valence electrons. The van der Waals surface area contributed by atoms with Crippen molar-refractivity contribution in [3.8, 4) is 0 Å². The Kier molecular flexibility index (Phi) is 6.70. The molecule has 0 amide bonds. The van der Waals surface area contributed by atoms with Crippen molar-refractivity contribution in [3.05, 3.63) is 29.8 Å². The summed E-state index contributed by atoms with van der Waals surface area (Å²) < 4.78 is 64.9. The molecule has 0 radical (unpaired) electrons. The van der Waals surface area contributed by atoms with Crippen molar-refractivity contribution in [2.24, 2.45) is 0 Å². The topological polar surface area (TPSA) is 69.6 Å². The van der Waals surface area contributed by atoms with Crippen LogP contribution in [0.4, 0.5) is 13.2 Å². The summed E-state index contributed by atoms with van der Waals surface area (Å²) in [6, 6.07) is 4.14. The van der Waals surface area contributed by atoms with E-state index in [9.17, 15) is 26.7 Å². The number of benzene rings is 1. The normalized spacial score (nSPS) is 23.8. The van der Waals surface area contributed by atoms with Crippen LogP contribution < -0.4 is 4.72 Å². The number of β-amino-alcohol motifs (C(OH)–C–C–N with tert-alkyl or cyclic N) is 1. The van der Waals surface area contributed by atoms with Gasteiger partial charge in [0.1, 0.15) is 0 Å². The van der Waals surface area contributed by atoms with E-state index in [1.807, 2.05) is 0 Å². The number of sulfonamides is 1. The Morgan fingerprint density at radius 1 is 1.27 bits per heavy atom. The van der Waals surface area contributed by atoms with Gasteiger partial charge in [0.05, 0.1) is 16.6 Å². The number of nitrogens with zero attached hydrogens (tertiary/aromatic N) is 1. The van der Waals surface area contributed by atoms with Crippen molar-refractivity contribution >= 4 is 10.0 Å². The van der Waals surface area contributed by atoms with Gasteiger partial charge in [-0.05, 0) is 44.9 Å². The molecule has 2 rings (SSSR count). The number of nitrogens with one attached hydrogen (secondary N) is 1. The lowest BCUT2D eigenvalue weighted by Gasteiger charge is -2.40. The first-order chi connectivity index (χ1) is 12.0. The Balaban J connectivity index is 1.99. The Morgan fingerprint density at radius 2 is 1.88 bits per heavy atom. The molecule has 0 bridgehead atoms. The molecule has 1 fully saturated rings. The van der Waals surface area contributed by atoms with E-state index in [1.54, 1.807) is 0 Å². The molecule has 1 aliphatic rings. The standard InChI is InChI=1S/C17H25F3N2O3S/c1-12-5-3-6-13(2)22(12)11-15(23)10-21-26(24,25)16-8-4-7-14(9-16)17(18,19)20/h4,7-9,12-13,15,21,23H,3,5-6,10-11H2,1-2H3/t12?,13?,15-/m0/s1. The van der Waals surface area contributed by atoms with Gasteiger partial charge >= 0.3 is 6.18 Å². The van der Waals surface area contributed by atoms with Crippen LogP contribution in [0.5, 0.6) is 0 Å². The van der Waals surface area contributed by atoms with Crippen LogP contribution >= 0.6 is 0 Å². The Bertz CT molecular complexity index is 699. The minimum atomic E-state index is -4.62. The van der Waals surface area contributed by atoms with E-state index in [0.29, 0.717) is 24.7 Å². The van der Waals surface area contributed by atoms with Crippen LogP contribution in [-0.4, -0.2) is 49.7 Å². The summed E-state index contributed by atoms with van der Waals surface area (Å²) in [7, 11) is -4.13. The average molecular weight is 394 g/mol. The quantitative estimate of drug-likeness (QED) is 0.778. The maximum absolute atomic E-state index is 12.7. The highest BCUT2D eigenvalue weighted by atomic mass is 32.2. The van der Waals surface area contributed by atoms with Crippen molar-refractivity contribution in [2.75, 3.05) is 13.1 Å². The summed E-state index contributed by atoms with van der Waals surface area (Å²) in [5, 5.41) is 10.2. The highest BCUT2D eigenvalue weighted by Gasteiger charge is 2.32. The molecule has 0 aromatic heterocycles. The molecule has 5 nitrogen and oxygen atoms in total. The summed E-state index contributed by atoms with van der Waals surface area (Å²) in [5.74, 6) is 0.